The minimum absolute atomic E-state index is 0.0479. The van der Waals surface area contributed by atoms with E-state index in [0.29, 0.717) is 17.2 Å². The van der Waals surface area contributed by atoms with Crippen LogP contribution in [0.25, 0.3) is 0 Å². The number of carbonyl (C=O) groups is 2. The topological polar surface area (TPSA) is 49.9 Å². The molecule has 6 heteroatoms. The van der Waals surface area contributed by atoms with Crippen molar-refractivity contribution >= 4 is 11.8 Å². The molecule has 0 N–H and O–H groups in total. The Labute approximate surface area is 211 Å². The summed E-state index contributed by atoms with van der Waals surface area (Å²) in [5.41, 5.74) is 2.99. The van der Waals surface area contributed by atoms with Crippen LogP contribution in [-0.2, 0) is 11.3 Å². The number of hydrogen-bond acceptors (Lipinski definition) is 3. The van der Waals surface area contributed by atoms with E-state index in [1.165, 1.54) is 12.1 Å². The number of carbonyl (C=O) groups excluding carboxylic acids is 2. The molecule has 0 bridgehead atoms. The van der Waals surface area contributed by atoms with Crippen molar-refractivity contribution in [2.24, 2.45) is 5.92 Å². The van der Waals surface area contributed by atoms with E-state index < -0.39 is 12.0 Å². The van der Waals surface area contributed by atoms with E-state index in [1.54, 1.807) is 30.2 Å². The number of ether oxygens (including phenoxy) is 1. The highest BCUT2D eigenvalue weighted by molar-refractivity contribution is 6.01. The number of nitrogens with zero attached hydrogens (tertiary/aromatic N) is 2. The maximum absolute atomic E-state index is 14.2. The lowest BCUT2D eigenvalue weighted by molar-refractivity contribution is -0.136. The monoisotopic (exact) mass is 486 g/mol. The van der Waals surface area contributed by atoms with Crippen LogP contribution in [0.3, 0.4) is 0 Å². The minimum atomic E-state index is -0.541. The largest absolute Gasteiger partial charge is 0.497 e. The molecule has 5 rings (SSSR count). The van der Waals surface area contributed by atoms with Gasteiger partial charge in [0.1, 0.15) is 11.6 Å². The zero-order valence-corrected chi connectivity index (χ0v) is 20.7. The summed E-state index contributed by atoms with van der Waals surface area (Å²) in [6, 6.07) is 20.7. The normalized spacial score (nSPS) is 20.2. The lowest BCUT2D eigenvalue weighted by atomic mass is 9.78. The molecular weight excluding hydrogens is 455 g/mol. The van der Waals surface area contributed by atoms with Gasteiger partial charge in [0.15, 0.2) is 0 Å². The summed E-state index contributed by atoms with van der Waals surface area (Å²) in [5, 5.41) is 0. The fourth-order valence-electron chi connectivity index (χ4n) is 5.42. The van der Waals surface area contributed by atoms with Gasteiger partial charge in [-0.3, -0.25) is 9.59 Å². The third-order valence-corrected chi connectivity index (χ3v) is 7.52. The van der Waals surface area contributed by atoms with Crippen LogP contribution in [0.1, 0.15) is 58.8 Å². The Bertz CT molecular complexity index is 1230. The van der Waals surface area contributed by atoms with Crippen LogP contribution in [0, 0.1) is 11.7 Å². The molecule has 2 aliphatic heterocycles. The summed E-state index contributed by atoms with van der Waals surface area (Å²) in [5.74, 6) is 0.356. The summed E-state index contributed by atoms with van der Waals surface area (Å²) in [6.07, 6.45) is 1.96. The first-order valence-electron chi connectivity index (χ1n) is 12.5. The molecule has 0 unspecified atom stereocenters. The number of likely N-dealkylation sites (tertiary alicyclic amines) is 1. The fourth-order valence-corrected chi connectivity index (χ4v) is 5.42. The third kappa shape index (κ3) is 4.60. The molecular formula is C30H31FN2O3. The van der Waals surface area contributed by atoms with Crippen molar-refractivity contribution in [3.8, 4) is 5.75 Å². The van der Waals surface area contributed by atoms with E-state index in [4.69, 9.17) is 4.74 Å². The van der Waals surface area contributed by atoms with Crippen molar-refractivity contribution in [2.45, 2.75) is 38.3 Å². The van der Waals surface area contributed by atoms with E-state index in [9.17, 15) is 14.0 Å². The van der Waals surface area contributed by atoms with Gasteiger partial charge in [-0.1, -0.05) is 49.4 Å². The SMILES string of the molecule is COc1ccc([C@@H]2[C@@H](C(=O)N3CCC(C)CC3)c3ccccc3C(=O)N2Cc2ccc(F)cc2)cc1. The van der Waals surface area contributed by atoms with Gasteiger partial charge in [0.25, 0.3) is 5.91 Å². The number of amides is 2. The van der Waals surface area contributed by atoms with E-state index in [0.717, 1.165) is 42.6 Å². The number of rotatable bonds is 5. The highest BCUT2D eigenvalue weighted by Gasteiger charge is 2.45. The molecule has 36 heavy (non-hydrogen) atoms. The smallest absolute Gasteiger partial charge is 0.255 e. The summed E-state index contributed by atoms with van der Waals surface area (Å²) in [6.45, 7) is 3.94. The molecule has 0 aromatic heterocycles. The highest BCUT2D eigenvalue weighted by atomic mass is 19.1. The molecule has 0 saturated carbocycles. The molecule has 3 aromatic rings. The van der Waals surface area contributed by atoms with Gasteiger partial charge in [0.05, 0.1) is 19.1 Å². The van der Waals surface area contributed by atoms with Gasteiger partial charge in [-0.25, -0.2) is 4.39 Å². The molecule has 2 heterocycles. The molecule has 2 atom stereocenters. The summed E-state index contributed by atoms with van der Waals surface area (Å²) < 4.78 is 19.0. The van der Waals surface area contributed by atoms with Gasteiger partial charge in [-0.05, 0) is 65.8 Å². The number of halogens is 1. The van der Waals surface area contributed by atoms with Crippen molar-refractivity contribution in [1.82, 2.24) is 9.80 Å². The van der Waals surface area contributed by atoms with Gasteiger partial charge in [0, 0.05) is 25.2 Å². The van der Waals surface area contributed by atoms with Gasteiger partial charge in [-0.15, -0.1) is 0 Å². The van der Waals surface area contributed by atoms with Gasteiger partial charge in [0.2, 0.25) is 5.91 Å². The van der Waals surface area contributed by atoms with Crippen LogP contribution in [0.2, 0.25) is 0 Å². The number of hydrogen-bond donors (Lipinski definition) is 0. The Morgan fingerprint density at radius 3 is 2.31 bits per heavy atom. The van der Waals surface area contributed by atoms with Crippen LogP contribution >= 0.6 is 0 Å². The van der Waals surface area contributed by atoms with Crippen LogP contribution in [-0.4, -0.2) is 41.8 Å². The molecule has 1 saturated heterocycles. The zero-order valence-electron chi connectivity index (χ0n) is 20.7. The summed E-state index contributed by atoms with van der Waals surface area (Å²) >= 11 is 0. The lowest BCUT2D eigenvalue weighted by Gasteiger charge is -2.44. The van der Waals surface area contributed by atoms with E-state index in [-0.39, 0.29) is 24.2 Å². The van der Waals surface area contributed by atoms with Crippen molar-refractivity contribution < 1.29 is 18.7 Å². The molecule has 2 amide bonds. The van der Waals surface area contributed by atoms with Crippen molar-refractivity contribution in [3.63, 3.8) is 0 Å². The van der Waals surface area contributed by atoms with Crippen LogP contribution < -0.4 is 4.74 Å². The standard InChI is InChI=1S/C30H31FN2O3/c1-20-15-17-32(18-16-20)30(35)27-25-5-3-4-6-26(25)29(34)33(19-21-7-11-23(31)12-8-21)28(27)22-9-13-24(36-2)14-10-22/h3-14,20,27-28H,15-19H2,1-2H3/t27-,28+/m0/s1. The Morgan fingerprint density at radius 1 is 0.972 bits per heavy atom. The van der Waals surface area contributed by atoms with Gasteiger partial charge in [-0.2, -0.15) is 0 Å². The molecule has 5 nitrogen and oxygen atoms in total. The quantitative estimate of drug-likeness (QED) is 0.474. The van der Waals surface area contributed by atoms with Crippen LogP contribution in [0.5, 0.6) is 5.75 Å². The number of methoxy groups -OCH3 is 1. The van der Waals surface area contributed by atoms with Gasteiger partial charge >= 0.3 is 0 Å². The predicted octanol–water partition coefficient (Wildman–Crippen LogP) is 5.57. The Balaban J connectivity index is 1.62. The molecule has 186 valence electrons. The molecule has 0 spiro atoms. The second kappa shape index (κ2) is 10.1. The fraction of sp³-hybridized carbons (Fsp3) is 0.333. The van der Waals surface area contributed by atoms with E-state index in [2.05, 4.69) is 6.92 Å². The number of benzene rings is 3. The van der Waals surface area contributed by atoms with E-state index in [1.807, 2.05) is 47.4 Å². The van der Waals surface area contributed by atoms with E-state index >= 15 is 0 Å². The minimum Gasteiger partial charge on any atom is -0.497 e. The maximum Gasteiger partial charge on any atom is 0.255 e. The first kappa shape index (κ1) is 24.0. The molecule has 0 radical (unpaired) electrons. The Kier molecular flexibility index (Phi) is 6.77. The molecule has 0 aliphatic carbocycles. The average molecular weight is 487 g/mol. The maximum atomic E-state index is 14.2. The van der Waals surface area contributed by atoms with Crippen molar-refractivity contribution in [1.29, 1.82) is 0 Å². The average Bonchev–Trinajstić information content (AvgIpc) is 2.91. The second-order valence-electron chi connectivity index (χ2n) is 9.85. The lowest BCUT2D eigenvalue weighted by Crippen LogP contribution is -2.49. The predicted molar refractivity (Wildman–Crippen MR) is 136 cm³/mol. The van der Waals surface area contributed by atoms with Crippen molar-refractivity contribution in [2.75, 3.05) is 20.2 Å². The summed E-state index contributed by atoms with van der Waals surface area (Å²) in [4.78, 5) is 31.8. The number of piperidine rings is 1. The number of fused-ring (bicyclic) bond motifs is 1. The zero-order chi connectivity index (χ0) is 25.2. The molecule has 2 aliphatic rings. The van der Waals surface area contributed by atoms with Crippen molar-refractivity contribution in [3.05, 3.63) is 101 Å². The summed E-state index contributed by atoms with van der Waals surface area (Å²) in [7, 11) is 1.61. The third-order valence-electron chi connectivity index (χ3n) is 7.52. The van der Waals surface area contributed by atoms with Gasteiger partial charge < -0.3 is 14.5 Å². The molecule has 1 fully saturated rings. The van der Waals surface area contributed by atoms with Crippen LogP contribution in [0.15, 0.2) is 72.8 Å². The first-order valence-corrected chi connectivity index (χ1v) is 12.5. The second-order valence-corrected chi connectivity index (χ2v) is 9.85. The Hall–Kier alpha value is -3.67. The highest BCUT2D eigenvalue weighted by Crippen LogP contribution is 2.45. The Morgan fingerprint density at radius 2 is 1.64 bits per heavy atom. The first-order chi connectivity index (χ1) is 17.5. The molecule has 3 aromatic carbocycles. The van der Waals surface area contributed by atoms with Crippen LogP contribution in [0.4, 0.5) is 4.39 Å².